The minimum absolute atomic E-state index is 0.180. The predicted molar refractivity (Wildman–Crippen MR) is 99.8 cm³/mol. The number of nitrogens with zero attached hydrogens (tertiary/aromatic N) is 4. The van der Waals surface area contributed by atoms with Crippen molar-refractivity contribution in [1.29, 1.82) is 0 Å². The summed E-state index contributed by atoms with van der Waals surface area (Å²) in [6.07, 6.45) is 3.53. The summed E-state index contributed by atoms with van der Waals surface area (Å²) in [5.41, 5.74) is 1.43. The van der Waals surface area contributed by atoms with E-state index >= 15 is 0 Å². The number of nitro groups is 1. The van der Waals surface area contributed by atoms with Crippen LogP contribution in [-0.2, 0) is 0 Å². The molecule has 1 heterocycles. The molecule has 0 bridgehead atoms. The summed E-state index contributed by atoms with van der Waals surface area (Å²) in [5.74, 6) is -0.169. The molecule has 8 nitrogen and oxygen atoms in total. The third-order valence-corrected chi connectivity index (χ3v) is 4.37. The molecule has 27 heavy (non-hydrogen) atoms. The zero-order valence-electron chi connectivity index (χ0n) is 14.8. The molecule has 8 heteroatoms. The van der Waals surface area contributed by atoms with Crippen molar-refractivity contribution in [2.24, 2.45) is 0 Å². The summed E-state index contributed by atoms with van der Waals surface area (Å²) in [6.45, 7) is 2.51. The molecule has 1 N–H and O–H groups in total. The van der Waals surface area contributed by atoms with Gasteiger partial charge < -0.3 is 5.32 Å². The molecule has 3 rings (SSSR count). The summed E-state index contributed by atoms with van der Waals surface area (Å²) >= 11 is 0. The maximum Gasteiger partial charge on any atom is 0.295 e. The van der Waals surface area contributed by atoms with Gasteiger partial charge in [-0.2, -0.15) is 5.10 Å². The second-order valence-corrected chi connectivity index (χ2v) is 6.03. The Balaban J connectivity index is 1.77. The van der Waals surface area contributed by atoms with E-state index in [9.17, 15) is 14.9 Å². The number of aromatic nitrogens is 3. The smallest absolute Gasteiger partial charge is 0.295 e. The molecule has 2 aromatic carbocycles. The Labute approximate surface area is 156 Å². The molecule has 1 atom stereocenters. The molecule has 1 amide bonds. The van der Waals surface area contributed by atoms with Crippen LogP contribution in [0.4, 0.5) is 5.69 Å². The van der Waals surface area contributed by atoms with E-state index in [1.807, 2.05) is 30.3 Å². The van der Waals surface area contributed by atoms with Crippen LogP contribution in [0.1, 0.15) is 35.2 Å². The van der Waals surface area contributed by atoms with E-state index in [0.29, 0.717) is 6.54 Å². The predicted octanol–water partition coefficient (Wildman–Crippen LogP) is 3.10. The lowest BCUT2D eigenvalue weighted by atomic mass is 9.96. The molecule has 138 valence electrons. The summed E-state index contributed by atoms with van der Waals surface area (Å²) in [5, 5.41) is 18.2. The van der Waals surface area contributed by atoms with Gasteiger partial charge in [0.15, 0.2) is 0 Å². The molecular formula is C19H19N5O3. The van der Waals surface area contributed by atoms with E-state index in [0.717, 1.165) is 12.0 Å². The first-order valence-electron chi connectivity index (χ1n) is 8.56. The number of carbonyl (C=O) groups is 1. The van der Waals surface area contributed by atoms with Crippen molar-refractivity contribution < 1.29 is 9.72 Å². The van der Waals surface area contributed by atoms with Crippen LogP contribution in [0.3, 0.4) is 0 Å². The monoisotopic (exact) mass is 365 g/mol. The molecule has 0 aliphatic rings. The van der Waals surface area contributed by atoms with Crippen molar-refractivity contribution in [2.75, 3.05) is 6.54 Å². The van der Waals surface area contributed by atoms with Gasteiger partial charge in [-0.1, -0.05) is 37.3 Å². The lowest BCUT2D eigenvalue weighted by Gasteiger charge is -2.16. The number of rotatable bonds is 7. The number of amides is 1. The van der Waals surface area contributed by atoms with Gasteiger partial charge in [0.1, 0.15) is 18.3 Å². The topological polar surface area (TPSA) is 103 Å². The van der Waals surface area contributed by atoms with E-state index in [1.165, 1.54) is 29.5 Å². The zero-order valence-corrected chi connectivity index (χ0v) is 14.8. The van der Waals surface area contributed by atoms with E-state index in [2.05, 4.69) is 22.3 Å². The molecule has 1 aromatic heterocycles. The summed E-state index contributed by atoms with van der Waals surface area (Å²) in [7, 11) is 0. The van der Waals surface area contributed by atoms with Crippen LogP contribution in [-0.4, -0.2) is 32.1 Å². The van der Waals surface area contributed by atoms with Crippen LogP contribution < -0.4 is 5.32 Å². The van der Waals surface area contributed by atoms with Gasteiger partial charge in [-0.25, -0.2) is 9.67 Å². The van der Waals surface area contributed by atoms with Crippen LogP contribution in [0.15, 0.2) is 61.2 Å². The molecular weight excluding hydrogens is 346 g/mol. The highest BCUT2D eigenvalue weighted by Crippen LogP contribution is 2.24. The van der Waals surface area contributed by atoms with Crippen molar-refractivity contribution in [3.05, 3.63) is 82.4 Å². The van der Waals surface area contributed by atoms with Gasteiger partial charge in [-0.05, 0) is 24.1 Å². The molecule has 0 aliphatic carbocycles. The fraction of sp³-hybridized carbons (Fsp3) is 0.211. The van der Waals surface area contributed by atoms with Gasteiger partial charge in [0.2, 0.25) is 0 Å². The lowest BCUT2D eigenvalue weighted by molar-refractivity contribution is -0.384. The lowest BCUT2D eigenvalue weighted by Crippen LogP contribution is -2.28. The van der Waals surface area contributed by atoms with Crippen molar-refractivity contribution in [3.63, 3.8) is 0 Å². The number of nitro benzene ring substituents is 1. The first-order chi connectivity index (χ1) is 13.1. The first-order valence-corrected chi connectivity index (χ1v) is 8.56. The highest BCUT2D eigenvalue weighted by molar-refractivity contribution is 5.95. The maximum absolute atomic E-state index is 12.5. The average molecular weight is 365 g/mol. The fourth-order valence-corrected chi connectivity index (χ4v) is 2.88. The quantitative estimate of drug-likeness (QED) is 0.512. The van der Waals surface area contributed by atoms with E-state index in [-0.39, 0.29) is 28.8 Å². The van der Waals surface area contributed by atoms with Gasteiger partial charge in [-0.3, -0.25) is 14.9 Å². The Morgan fingerprint density at radius 3 is 2.67 bits per heavy atom. The highest BCUT2D eigenvalue weighted by atomic mass is 16.6. The Kier molecular flexibility index (Phi) is 5.55. The number of hydrogen-bond acceptors (Lipinski definition) is 5. The molecule has 3 aromatic rings. The Morgan fingerprint density at radius 1 is 1.26 bits per heavy atom. The molecule has 0 spiro atoms. The molecule has 1 unspecified atom stereocenters. The van der Waals surface area contributed by atoms with E-state index in [4.69, 9.17) is 0 Å². The summed E-state index contributed by atoms with van der Waals surface area (Å²) in [4.78, 5) is 27.2. The van der Waals surface area contributed by atoms with Gasteiger partial charge >= 0.3 is 0 Å². The highest BCUT2D eigenvalue weighted by Gasteiger charge is 2.20. The maximum atomic E-state index is 12.5. The van der Waals surface area contributed by atoms with Crippen molar-refractivity contribution >= 4 is 11.6 Å². The number of nitrogens with one attached hydrogen (secondary N) is 1. The van der Waals surface area contributed by atoms with E-state index in [1.54, 1.807) is 6.07 Å². The average Bonchev–Trinajstić information content (AvgIpc) is 3.23. The van der Waals surface area contributed by atoms with Crippen molar-refractivity contribution in [3.8, 4) is 5.69 Å². The van der Waals surface area contributed by atoms with Crippen LogP contribution in [0, 0.1) is 10.1 Å². The largest absolute Gasteiger partial charge is 0.351 e. The summed E-state index contributed by atoms with van der Waals surface area (Å²) in [6, 6.07) is 14.2. The van der Waals surface area contributed by atoms with Crippen LogP contribution in [0.25, 0.3) is 5.69 Å². The van der Waals surface area contributed by atoms with Gasteiger partial charge in [0.05, 0.1) is 4.92 Å². The minimum atomic E-state index is -0.535. The fourth-order valence-electron chi connectivity index (χ4n) is 2.88. The van der Waals surface area contributed by atoms with Gasteiger partial charge in [0.25, 0.3) is 11.6 Å². The molecule has 0 saturated carbocycles. The third-order valence-electron chi connectivity index (χ3n) is 4.37. The Bertz CT molecular complexity index is 926. The zero-order chi connectivity index (χ0) is 19.2. The van der Waals surface area contributed by atoms with Crippen molar-refractivity contribution in [1.82, 2.24) is 20.1 Å². The van der Waals surface area contributed by atoms with Crippen LogP contribution in [0.2, 0.25) is 0 Å². The van der Waals surface area contributed by atoms with Gasteiger partial charge in [0, 0.05) is 24.1 Å². The number of carbonyl (C=O) groups excluding carboxylic acids is 1. The van der Waals surface area contributed by atoms with Crippen LogP contribution >= 0.6 is 0 Å². The molecule has 0 saturated heterocycles. The second-order valence-electron chi connectivity index (χ2n) is 6.03. The normalized spacial score (nSPS) is 11.7. The second kappa shape index (κ2) is 8.22. The SMILES string of the molecule is CCC(CNC(=O)c1ccc(-n2cncn2)c([N+](=O)[O-])c1)c1ccccc1. The first kappa shape index (κ1) is 18.2. The Hall–Kier alpha value is -3.55. The van der Waals surface area contributed by atoms with Gasteiger partial charge in [-0.15, -0.1) is 0 Å². The minimum Gasteiger partial charge on any atom is -0.351 e. The molecule has 0 radical (unpaired) electrons. The van der Waals surface area contributed by atoms with Crippen molar-refractivity contribution in [2.45, 2.75) is 19.3 Å². The standard InChI is InChI=1S/C19H19N5O3/c1-2-14(15-6-4-3-5-7-15)11-21-19(25)16-8-9-17(18(10-16)24(26)27)23-13-20-12-22-23/h3-10,12-14H,2,11H2,1H3,(H,21,25). The summed E-state index contributed by atoms with van der Waals surface area (Å²) < 4.78 is 1.29. The van der Waals surface area contributed by atoms with E-state index < -0.39 is 4.92 Å². The number of benzene rings is 2. The Morgan fingerprint density at radius 2 is 2.04 bits per heavy atom. The number of hydrogen-bond donors (Lipinski definition) is 1. The molecule has 0 aliphatic heterocycles. The third kappa shape index (κ3) is 4.17. The molecule has 0 fully saturated rings. The van der Waals surface area contributed by atoms with Crippen LogP contribution in [0.5, 0.6) is 0 Å².